The molecule has 0 aliphatic rings. The largest absolute Gasteiger partial charge is 0.365 e. The topological polar surface area (TPSA) is 68.0 Å². The van der Waals surface area contributed by atoms with Crippen LogP contribution in [-0.4, -0.2) is 17.4 Å². The van der Waals surface area contributed by atoms with E-state index in [9.17, 15) is 4.79 Å². The third kappa shape index (κ3) is 3.04. The molecule has 0 atom stereocenters. The van der Waals surface area contributed by atoms with Crippen molar-refractivity contribution in [3.05, 3.63) is 16.0 Å². The van der Waals surface area contributed by atoms with E-state index >= 15 is 0 Å². The van der Waals surface area contributed by atoms with E-state index in [0.29, 0.717) is 0 Å². The summed E-state index contributed by atoms with van der Waals surface area (Å²) < 4.78 is 0. The van der Waals surface area contributed by atoms with E-state index < -0.39 is 5.91 Å². The van der Waals surface area contributed by atoms with Crippen LogP contribution in [0, 0.1) is 0 Å². The molecule has 0 aliphatic heterocycles. The highest BCUT2D eigenvalue weighted by Crippen LogP contribution is 2.21. The standard InChI is InChI=1S/C8H11N3OS2/c1-2-10-8-11-4-5(14-8)3-6(13)7(9)12/h3-4,13H,2H2,1H3,(H2,9,12)(H,10,11)/b6-3-. The summed E-state index contributed by atoms with van der Waals surface area (Å²) >= 11 is 5.39. The molecule has 0 saturated heterocycles. The van der Waals surface area contributed by atoms with Gasteiger partial charge in [0.05, 0.1) is 9.78 Å². The van der Waals surface area contributed by atoms with Crippen LogP contribution in [0.2, 0.25) is 0 Å². The van der Waals surface area contributed by atoms with E-state index in [4.69, 9.17) is 5.73 Å². The molecule has 4 nitrogen and oxygen atoms in total. The van der Waals surface area contributed by atoms with Crippen molar-refractivity contribution >= 4 is 41.1 Å². The van der Waals surface area contributed by atoms with Gasteiger partial charge < -0.3 is 11.1 Å². The molecule has 14 heavy (non-hydrogen) atoms. The molecule has 1 aromatic rings. The third-order valence-electron chi connectivity index (χ3n) is 1.38. The minimum absolute atomic E-state index is 0.233. The van der Waals surface area contributed by atoms with Gasteiger partial charge in [-0.1, -0.05) is 11.3 Å². The van der Waals surface area contributed by atoms with Crippen molar-refractivity contribution < 1.29 is 4.79 Å². The highest BCUT2D eigenvalue weighted by Gasteiger charge is 2.02. The number of thiazole rings is 1. The first kappa shape index (κ1) is 11.1. The molecule has 0 bridgehead atoms. The molecular formula is C8H11N3OS2. The van der Waals surface area contributed by atoms with Crippen molar-refractivity contribution in [3.63, 3.8) is 0 Å². The molecule has 3 N–H and O–H groups in total. The minimum atomic E-state index is -0.535. The van der Waals surface area contributed by atoms with Gasteiger partial charge in [0.1, 0.15) is 0 Å². The van der Waals surface area contributed by atoms with Crippen LogP contribution in [0.1, 0.15) is 11.8 Å². The number of hydrogen-bond donors (Lipinski definition) is 3. The second kappa shape index (κ2) is 5.02. The second-order valence-corrected chi connectivity index (χ2v) is 4.04. The van der Waals surface area contributed by atoms with Crippen LogP contribution in [0.25, 0.3) is 6.08 Å². The number of carbonyl (C=O) groups is 1. The molecule has 0 aliphatic carbocycles. The van der Waals surface area contributed by atoms with Crippen molar-refractivity contribution in [3.8, 4) is 0 Å². The average Bonchev–Trinajstić information content (AvgIpc) is 2.53. The van der Waals surface area contributed by atoms with Gasteiger partial charge in [0.15, 0.2) is 5.13 Å². The first-order valence-corrected chi connectivity index (χ1v) is 5.30. The fourth-order valence-corrected chi connectivity index (χ4v) is 1.85. The quantitative estimate of drug-likeness (QED) is 0.539. The first-order valence-electron chi connectivity index (χ1n) is 4.03. The van der Waals surface area contributed by atoms with E-state index in [1.54, 1.807) is 12.3 Å². The van der Waals surface area contributed by atoms with Crippen LogP contribution >= 0.6 is 24.0 Å². The van der Waals surface area contributed by atoms with Gasteiger partial charge in [0.2, 0.25) is 0 Å². The van der Waals surface area contributed by atoms with Crippen molar-refractivity contribution in [1.29, 1.82) is 0 Å². The lowest BCUT2D eigenvalue weighted by molar-refractivity contribution is -0.113. The molecule has 0 spiro atoms. The number of aromatic nitrogens is 1. The van der Waals surface area contributed by atoms with E-state index in [2.05, 4.69) is 22.9 Å². The van der Waals surface area contributed by atoms with Crippen LogP contribution in [0.5, 0.6) is 0 Å². The number of rotatable bonds is 4. The zero-order chi connectivity index (χ0) is 10.6. The first-order chi connectivity index (χ1) is 6.63. The number of thiol groups is 1. The maximum atomic E-state index is 10.7. The zero-order valence-corrected chi connectivity index (χ0v) is 9.36. The Morgan fingerprint density at radius 3 is 3.14 bits per heavy atom. The number of nitrogens with one attached hydrogen (secondary N) is 1. The Morgan fingerprint density at radius 1 is 1.86 bits per heavy atom. The fraction of sp³-hybridized carbons (Fsp3) is 0.250. The van der Waals surface area contributed by atoms with Crippen LogP contribution < -0.4 is 11.1 Å². The minimum Gasteiger partial charge on any atom is -0.365 e. The Bertz CT molecular complexity index is 359. The molecule has 0 radical (unpaired) electrons. The molecular weight excluding hydrogens is 218 g/mol. The second-order valence-electron chi connectivity index (χ2n) is 2.49. The number of primary amides is 1. The number of nitrogens with zero attached hydrogens (tertiary/aromatic N) is 1. The molecule has 1 aromatic heterocycles. The molecule has 0 aromatic carbocycles. The summed E-state index contributed by atoms with van der Waals surface area (Å²) in [6, 6.07) is 0. The van der Waals surface area contributed by atoms with Crippen LogP contribution in [-0.2, 0) is 4.79 Å². The maximum Gasteiger partial charge on any atom is 0.254 e. The van der Waals surface area contributed by atoms with Crippen LogP contribution in [0.3, 0.4) is 0 Å². The molecule has 0 unspecified atom stereocenters. The Balaban J connectivity index is 2.77. The molecule has 1 heterocycles. The van der Waals surface area contributed by atoms with Gasteiger partial charge >= 0.3 is 0 Å². The van der Waals surface area contributed by atoms with E-state index in [0.717, 1.165) is 16.6 Å². The molecule has 1 rings (SSSR count). The lowest BCUT2D eigenvalue weighted by atomic mass is 10.4. The summed E-state index contributed by atoms with van der Waals surface area (Å²) in [4.78, 5) is 15.9. The van der Waals surface area contributed by atoms with Crippen LogP contribution in [0.15, 0.2) is 11.1 Å². The van der Waals surface area contributed by atoms with Crippen molar-refractivity contribution in [2.75, 3.05) is 11.9 Å². The Morgan fingerprint density at radius 2 is 2.57 bits per heavy atom. The fourth-order valence-electron chi connectivity index (χ4n) is 0.792. The summed E-state index contributed by atoms with van der Waals surface area (Å²) in [6.45, 7) is 2.81. The zero-order valence-electron chi connectivity index (χ0n) is 7.65. The lowest BCUT2D eigenvalue weighted by Gasteiger charge is -1.93. The molecule has 1 amide bonds. The number of carbonyl (C=O) groups excluding carboxylic acids is 1. The Kier molecular flexibility index (Phi) is 3.97. The molecule has 0 saturated carbocycles. The van der Waals surface area contributed by atoms with Crippen molar-refractivity contribution in [2.45, 2.75) is 6.92 Å². The lowest BCUT2D eigenvalue weighted by Crippen LogP contribution is -2.09. The highest BCUT2D eigenvalue weighted by molar-refractivity contribution is 7.85. The summed E-state index contributed by atoms with van der Waals surface area (Å²) in [6.07, 6.45) is 3.27. The summed E-state index contributed by atoms with van der Waals surface area (Å²) in [7, 11) is 0. The number of nitrogens with two attached hydrogens (primary N) is 1. The average molecular weight is 229 g/mol. The molecule has 0 fully saturated rings. The van der Waals surface area contributed by atoms with Crippen molar-refractivity contribution in [2.24, 2.45) is 5.73 Å². The number of anilines is 1. The normalized spacial score (nSPS) is 11.4. The Hall–Kier alpha value is -1.01. The SMILES string of the molecule is CCNc1ncc(/C=C(\S)C(N)=O)s1. The van der Waals surface area contributed by atoms with Gasteiger partial charge in [0.25, 0.3) is 5.91 Å². The summed E-state index contributed by atoms with van der Waals surface area (Å²) in [5.41, 5.74) is 5.03. The van der Waals surface area contributed by atoms with Gasteiger partial charge in [-0.2, -0.15) is 0 Å². The van der Waals surface area contributed by atoms with Gasteiger partial charge in [-0.25, -0.2) is 4.98 Å². The van der Waals surface area contributed by atoms with Crippen LogP contribution in [0.4, 0.5) is 5.13 Å². The van der Waals surface area contributed by atoms with Gasteiger partial charge in [0, 0.05) is 12.7 Å². The smallest absolute Gasteiger partial charge is 0.254 e. The monoisotopic (exact) mass is 229 g/mol. The van der Waals surface area contributed by atoms with Gasteiger partial charge in [-0.3, -0.25) is 4.79 Å². The summed E-state index contributed by atoms with van der Waals surface area (Å²) in [5, 5.41) is 3.89. The Labute approximate surface area is 91.6 Å². The maximum absolute atomic E-state index is 10.7. The molecule has 6 heteroatoms. The highest BCUT2D eigenvalue weighted by atomic mass is 32.1. The van der Waals surface area contributed by atoms with Crippen molar-refractivity contribution in [1.82, 2.24) is 4.98 Å². The predicted molar refractivity (Wildman–Crippen MR) is 62.4 cm³/mol. The summed E-state index contributed by atoms with van der Waals surface area (Å²) in [5.74, 6) is -0.535. The molecule has 76 valence electrons. The number of amides is 1. The number of hydrogen-bond acceptors (Lipinski definition) is 5. The van der Waals surface area contributed by atoms with E-state index in [1.165, 1.54) is 11.3 Å². The van der Waals surface area contributed by atoms with Gasteiger partial charge in [-0.05, 0) is 13.0 Å². The predicted octanol–water partition coefficient (Wildman–Crippen LogP) is 1.33. The third-order valence-corrected chi connectivity index (χ3v) is 2.63. The van der Waals surface area contributed by atoms with E-state index in [1.807, 2.05) is 6.92 Å². The van der Waals surface area contributed by atoms with E-state index in [-0.39, 0.29) is 4.91 Å². The van der Waals surface area contributed by atoms with Gasteiger partial charge in [-0.15, -0.1) is 12.6 Å².